The first-order chi connectivity index (χ1) is 9.70. The number of rotatable bonds is 4. The molecular weight excluding hydrogens is 252 g/mol. The normalized spacial score (nSPS) is 12.9. The van der Waals surface area contributed by atoms with E-state index in [4.69, 9.17) is 15.2 Å². The lowest BCUT2D eigenvalue weighted by atomic mass is 10.1. The van der Waals surface area contributed by atoms with Gasteiger partial charge in [0.15, 0.2) is 11.5 Å². The third-order valence-corrected chi connectivity index (χ3v) is 3.80. The van der Waals surface area contributed by atoms with E-state index in [1.54, 1.807) is 0 Å². The SMILES string of the molecule is Cc1cc(CCCN)c(C)n1-c1ccc2c(c1)OCO2. The van der Waals surface area contributed by atoms with Gasteiger partial charge in [-0.2, -0.15) is 0 Å². The molecular formula is C16H20N2O2. The largest absolute Gasteiger partial charge is 0.454 e. The third kappa shape index (κ3) is 2.16. The summed E-state index contributed by atoms with van der Waals surface area (Å²) in [6.45, 7) is 5.32. The van der Waals surface area contributed by atoms with E-state index in [0.29, 0.717) is 6.79 Å². The minimum absolute atomic E-state index is 0.310. The smallest absolute Gasteiger partial charge is 0.231 e. The topological polar surface area (TPSA) is 49.4 Å². The van der Waals surface area contributed by atoms with Crippen molar-refractivity contribution in [3.8, 4) is 17.2 Å². The molecule has 0 fully saturated rings. The van der Waals surface area contributed by atoms with Crippen molar-refractivity contribution in [2.24, 2.45) is 5.73 Å². The van der Waals surface area contributed by atoms with Crippen LogP contribution in [0, 0.1) is 13.8 Å². The number of fused-ring (bicyclic) bond motifs is 1. The summed E-state index contributed by atoms with van der Waals surface area (Å²) < 4.78 is 13.1. The summed E-state index contributed by atoms with van der Waals surface area (Å²) in [6, 6.07) is 8.32. The number of nitrogens with two attached hydrogens (primary N) is 1. The summed E-state index contributed by atoms with van der Waals surface area (Å²) in [5.41, 5.74) is 10.6. The average molecular weight is 272 g/mol. The van der Waals surface area contributed by atoms with Crippen LogP contribution < -0.4 is 15.2 Å². The first kappa shape index (κ1) is 13.1. The van der Waals surface area contributed by atoms with Gasteiger partial charge >= 0.3 is 0 Å². The molecule has 0 saturated heterocycles. The Labute approximate surface area is 119 Å². The second-order valence-electron chi connectivity index (χ2n) is 5.16. The fraction of sp³-hybridized carbons (Fsp3) is 0.375. The lowest BCUT2D eigenvalue weighted by molar-refractivity contribution is 0.174. The lowest BCUT2D eigenvalue weighted by Gasteiger charge is -2.11. The monoisotopic (exact) mass is 272 g/mol. The van der Waals surface area contributed by atoms with Gasteiger partial charge in [0.05, 0.1) is 0 Å². The molecule has 0 unspecified atom stereocenters. The number of hydrogen-bond acceptors (Lipinski definition) is 3. The Kier molecular flexibility index (Phi) is 3.40. The van der Waals surface area contributed by atoms with Gasteiger partial charge in [0.2, 0.25) is 6.79 Å². The van der Waals surface area contributed by atoms with Crippen molar-refractivity contribution in [1.82, 2.24) is 4.57 Å². The zero-order chi connectivity index (χ0) is 14.1. The van der Waals surface area contributed by atoms with Crippen LogP contribution in [0.2, 0.25) is 0 Å². The van der Waals surface area contributed by atoms with Crippen LogP contribution in [0.1, 0.15) is 23.4 Å². The first-order valence-corrected chi connectivity index (χ1v) is 6.98. The van der Waals surface area contributed by atoms with E-state index >= 15 is 0 Å². The Morgan fingerprint density at radius 3 is 2.75 bits per heavy atom. The Balaban J connectivity index is 1.99. The van der Waals surface area contributed by atoms with E-state index in [-0.39, 0.29) is 0 Å². The molecule has 1 aliphatic rings. The molecule has 2 N–H and O–H groups in total. The summed E-state index contributed by atoms with van der Waals surface area (Å²) in [7, 11) is 0. The van der Waals surface area contributed by atoms with Gasteiger partial charge < -0.3 is 19.8 Å². The van der Waals surface area contributed by atoms with Crippen LogP contribution in [0.4, 0.5) is 0 Å². The van der Waals surface area contributed by atoms with Crippen molar-refractivity contribution in [2.45, 2.75) is 26.7 Å². The number of ether oxygens (including phenoxy) is 2. The molecule has 0 spiro atoms. The molecule has 4 heteroatoms. The van der Waals surface area contributed by atoms with Gasteiger partial charge in [-0.15, -0.1) is 0 Å². The molecule has 3 rings (SSSR count). The Bertz CT molecular complexity index is 632. The van der Waals surface area contributed by atoms with Crippen LogP contribution in [0.5, 0.6) is 11.5 Å². The zero-order valence-corrected chi connectivity index (χ0v) is 12.0. The van der Waals surface area contributed by atoms with Gasteiger partial charge in [0.1, 0.15) is 0 Å². The van der Waals surface area contributed by atoms with Crippen LogP contribution >= 0.6 is 0 Å². The average Bonchev–Trinajstić information content (AvgIpc) is 3.00. The molecule has 0 bridgehead atoms. The molecule has 4 nitrogen and oxygen atoms in total. The van der Waals surface area contributed by atoms with Crippen molar-refractivity contribution in [1.29, 1.82) is 0 Å². The molecule has 0 saturated carbocycles. The molecule has 106 valence electrons. The summed E-state index contributed by atoms with van der Waals surface area (Å²) in [6.07, 6.45) is 2.05. The number of aromatic nitrogens is 1. The molecule has 20 heavy (non-hydrogen) atoms. The Morgan fingerprint density at radius 1 is 1.15 bits per heavy atom. The maximum atomic E-state index is 5.61. The fourth-order valence-electron chi connectivity index (χ4n) is 2.80. The summed E-state index contributed by atoms with van der Waals surface area (Å²) in [5, 5.41) is 0. The standard InChI is InChI=1S/C16H20N2O2/c1-11-8-13(4-3-7-17)12(2)18(11)14-5-6-15-16(9-14)20-10-19-15/h5-6,8-9H,3-4,7,10,17H2,1-2H3. The quantitative estimate of drug-likeness (QED) is 0.931. The highest BCUT2D eigenvalue weighted by Gasteiger charge is 2.16. The predicted molar refractivity (Wildman–Crippen MR) is 78.7 cm³/mol. The highest BCUT2D eigenvalue weighted by molar-refractivity contribution is 5.52. The maximum absolute atomic E-state index is 5.61. The molecule has 2 heterocycles. The first-order valence-electron chi connectivity index (χ1n) is 6.98. The third-order valence-electron chi connectivity index (χ3n) is 3.80. The zero-order valence-electron chi connectivity index (χ0n) is 12.0. The minimum Gasteiger partial charge on any atom is -0.454 e. The van der Waals surface area contributed by atoms with Crippen LogP contribution in [0.3, 0.4) is 0 Å². The molecule has 2 aromatic rings. The van der Waals surface area contributed by atoms with Crippen LogP contribution in [0.15, 0.2) is 24.3 Å². The van der Waals surface area contributed by atoms with E-state index in [1.165, 1.54) is 17.0 Å². The second-order valence-corrected chi connectivity index (χ2v) is 5.16. The minimum atomic E-state index is 0.310. The van der Waals surface area contributed by atoms with Gasteiger partial charge in [-0.25, -0.2) is 0 Å². The maximum Gasteiger partial charge on any atom is 0.231 e. The van der Waals surface area contributed by atoms with Gasteiger partial charge in [0, 0.05) is 23.1 Å². The second kappa shape index (κ2) is 5.21. The van der Waals surface area contributed by atoms with Crippen molar-refractivity contribution in [3.05, 3.63) is 41.2 Å². The number of hydrogen-bond donors (Lipinski definition) is 1. The number of nitrogens with zero attached hydrogens (tertiary/aromatic N) is 1. The molecule has 1 aromatic carbocycles. The van der Waals surface area contributed by atoms with Crippen LogP contribution in [-0.4, -0.2) is 17.9 Å². The molecule has 1 aromatic heterocycles. The Hall–Kier alpha value is -1.94. The molecule has 0 amide bonds. The molecule has 0 radical (unpaired) electrons. The van der Waals surface area contributed by atoms with Crippen molar-refractivity contribution in [3.63, 3.8) is 0 Å². The lowest BCUT2D eigenvalue weighted by Crippen LogP contribution is -2.02. The molecule has 1 aliphatic heterocycles. The van der Waals surface area contributed by atoms with Crippen LogP contribution in [0.25, 0.3) is 5.69 Å². The van der Waals surface area contributed by atoms with E-state index < -0.39 is 0 Å². The van der Waals surface area contributed by atoms with Gasteiger partial charge in [0.25, 0.3) is 0 Å². The summed E-state index contributed by atoms with van der Waals surface area (Å²) in [4.78, 5) is 0. The number of benzene rings is 1. The van der Waals surface area contributed by atoms with Crippen LogP contribution in [-0.2, 0) is 6.42 Å². The fourth-order valence-corrected chi connectivity index (χ4v) is 2.80. The summed E-state index contributed by atoms with van der Waals surface area (Å²) >= 11 is 0. The van der Waals surface area contributed by atoms with Gasteiger partial charge in [-0.3, -0.25) is 0 Å². The molecule has 0 atom stereocenters. The van der Waals surface area contributed by atoms with Gasteiger partial charge in [-0.05, 0) is 57.0 Å². The molecule has 0 aliphatic carbocycles. The summed E-state index contributed by atoms with van der Waals surface area (Å²) in [5.74, 6) is 1.64. The number of aryl methyl sites for hydroxylation is 2. The van der Waals surface area contributed by atoms with Gasteiger partial charge in [-0.1, -0.05) is 0 Å². The van der Waals surface area contributed by atoms with E-state index in [2.05, 4.69) is 30.5 Å². The van der Waals surface area contributed by atoms with E-state index in [9.17, 15) is 0 Å². The van der Waals surface area contributed by atoms with Crippen molar-refractivity contribution < 1.29 is 9.47 Å². The highest BCUT2D eigenvalue weighted by Crippen LogP contribution is 2.34. The van der Waals surface area contributed by atoms with Crippen molar-refractivity contribution >= 4 is 0 Å². The van der Waals surface area contributed by atoms with E-state index in [1.807, 2.05) is 12.1 Å². The van der Waals surface area contributed by atoms with Crippen molar-refractivity contribution in [2.75, 3.05) is 13.3 Å². The highest BCUT2D eigenvalue weighted by atomic mass is 16.7. The Morgan fingerprint density at radius 2 is 1.95 bits per heavy atom. The predicted octanol–water partition coefficient (Wildman–Crippen LogP) is 2.71. The van der Waals surface area contributed by atoms with E-state index in [0.717, 1.165) is 36.6 Å².